The van der Waals surface area contributed by atoms with Gasteiger partial charge in [-0.1, -0.05) is 0 Å². The van der Waals surface area contributed by atoms with Crippen LogP contribution in [0.4, 0.5) is 0 Å². The summed E-state index contributed by atoms with van der Waals surface area (Å²) in [5, 5.41) is 9.21. The second-order valence-electron chi connectivity index (χ2n) is 3.05. The van der Waals surface area contributed by atoms with Gasteiger partial charge in [0.15, 0.2) is 0 Å². The molecule has 1 unspecified atom stereocenters. The summed E-state index contributed by atoms with van der Waals surface area (Å²) in [5.41, 5.74) is 0.805. The van der Waals surface area contributed by atoms with Crippen LogP contribution < -0.4 is 0 Å². The molecular weight excluding hydrogens is 140 g/mol. The Labute approximate surface area is 65.7 Å². The van der Waals surface area contributed by atoms with Crippen LogP contribution in [-0.2, 0) is 13.0 Å². The summed E-state index contributed by atoms with van der Waals surface area (Å²) < 4.78 is 2.13. The van der Waals surface area contributed by atoms with Gasteiger partial charge in [-0.2, -0.15) is 0 Å². The minimum Gasteiger partial charge on any atom is -0.387 e. The molecule has 0 saturated carbocycles. The van der Waals surface area contributed by atoms with E-state index in [0.29, 0.717) is 0 Å². The van der Waals surface area contributed by atoms with Gasteiger partial charge >= 0.3 is 0 Å². The molecule has 3 heteroatoms. The Kier molecular flexibility index (Phi) is 1.46. The maximum atomic E-state index is 9.21. The Morgan fingerprint density at radius 3 is 3.18 bits per heavy atom. The van der Waals surface area contributed by atoms with E-state index in [1.54, 1.807) is 6.92 Å². The molecule has 60 valence electrons. The first-order valence-corrected chi connectivity index (χ1v) is 4.01. The van der Waals surface area contributed by atoms with Crippen molar-refractivity contribution in [2.45, 2.75) is 32.4 Å². The molecule has 2 rings (SSSR count). The Bertz CT molecular complexity index is 244. The standard InChI is InChI=1S/C8H12N2O/c1-6(11)7-5-10-4-2-3-8(10)9-7/h5-6,11H,2-4H2,1H3. The van der Waals surface area contributed by atoms with E-state index in [2.05, 4.69) is 9.55 Å². The fraction of sp³-hybridized carbons (Fsp3) is 0.625. The van der Waals surface area contributed by atoms with Crippen LogP contribution >= 0.6 is 0 Å². The summed E-state index contributed by atoms with van der Waals surface area (Å²) in [6, 6.07) is 0. The second-order valence-corrected chi connectivity index (χ2v) is 3.05. The monoisotopic (exact) mass is 152 g/mol. The first kappa shape index (κ1) is 6.85. The third-order valence-corrected chi connectivity index (χ3v) is 2.11. The fourth-order valence-corrected chi connectivity index (χ4v) is 1.48. The van der Waals surface area contributed by atoms with Gasteiger partial charge in [-0.25, -0.2) is 4.98 Å². The quantitative estimate of drug-likeness (QED) is 0.648. The van der Waals surface area contributed by atoms with Crippen LogP contribution in [0.3, 0.4) is 0 Å². The molecule has 1 aliphatic rings. The largest absolute Gasteiger partial charge is 0.387 e. The number of aliphatic hydroxyl groups excluding tert-OH is 1. The number of aryl methyl sites for hydroxylation is 2. The van der Waals surface area contributed by atoms with Gasteiger partial charge in [-0.05, 0) is 13.3 Å². The van der Waals surface area contributed by atoms with Gasteiger partial charge in [-0.3, -0.25) is 0 Å². The third-order valence-electron chi connectivity index (χ3n) is 2.11. The highest BCUT2D eigenvalue weighted by molar-refractivity contribution is 5.08. The molecule has 0 radical (unpaired) electrons. The predicted octanol–water partition coefficient (Wildman–Crippen LogP) is 0.883. The molecule has 3 nitrogen and oxygen atoms in total. The van der Waals surface area contributed by atoms with Gasteiger partial charge in [0.05, 0.1) is 11.8 Å². The number of hydrogen-bond acceptors (Lipinski definition) is 2. The van der Waals surface area contributed by atoms with Crippen LogP contribution in [0.5, 0.6) is 0 Å². The van der Waals surface area contributed by atoms with Crippen molar-refractivity contribution in [1.29, 1.82) is 0 Å². The highest BCUT2D eigenvalue weighted by atomic mass is 16.3. The number of rotatable bonds is 1. The van der Waals surface area contributed by atoms with E-state index in [9.17, 15) is 5.11 Å². The van der Waals surface area contributed by atoms with Crippen molar-refractivity contribution in [1.82, 2.24) is 9.55 Å². The normalized spacial score (nSPS) is 18.4. The van der Waals surface area contributed by atoms with Crippen molar-refractivity contribution in [2.24, 2.45) is 0 Å². The number of fused-ring (bicyclic) bond motifs is 1. The zero-order valence-corrected chi connectivity index (χ0v) is 6.62. The van der Waals surface area contributed by atoms with Crippen molar-refractivity contribution in [3.8, 4) is 0 Å². The lowest BCUT2D eigenvalue weighted by molar-refractivity contribution is 0.194. The van der Waals surface area contributed by atoms with E-state index in [4.69, 9.17) is 0 Å². The van der Waals surface area contributed by atoms with Crippen LogP contribution in [0.15, 0.2) is 6.20 Å². The molecule has 0 aromatic carbocycles. The lowest BCUT2D eigenvalue weighted by Crippen LogP contribution is -1.91. The Morgan fingerprint density at radius 2 is 2.55 bits per heavy atom. The average Bonchev–Trinajstić information content (AvgIpc) is 2.40. The molecule has 0 aliphatic carbocycles. The molecule has 1 aromatic rings. The van der Waals surface area contributed by atoms with E-state index in [1.165, 1.54) is 6.42 Å². The number of imidazole rings is 1. The average molecular weight is 152 g/mol. The zero-order chi connectivity index (χ0) is 7.84. The molecule has 1 aliphatic heterocycles. The van der Waals surface area contributed by atoms with E-state index < -0.39 is 6.10 Å². The predicted molar refractivity (Wildman–Crippen MR) is 41.2 cm³/mol. The number of aromatic nitrogens is 2. The highest BCUT2D eigenvalue weighted by Crippen LogP contribution is 2.17. The van der Waals surface area contributed by atoms with E-state index in [1.807, 2.05) is 6.20 Å². The topological polar surface area (TPSA) is 38.0 Å². The van der Waals surface area contributed by atoms with Crippen LogP contribution in [0.2, 0.25) is 0 Å². The van der Waals surface area contributed by atoms with Crippen LogP contribution in [0.1, 0.15) is 31.0 Å². The SMILES string of the molecule is CC(O)c1cn2c(n1)CCC2. The third kappa shape index (κ3) is 1.05. The Balaban J connectivity index is 2.34. The summed E-state index contributed by atoms with van der Waals surface area (Å²) in [6.45, 7) is 2.81. The Morgan fingerprint density at radius 1 is 1.73 bits per heavy atom. The maximum Gasteiger partial charge on any atom is 0.109 e. The molecule has 2 heterocycles. The van der Waals surface area contributed by atoms with E-state index in [-0.39, 0.29) is 0 Å². The minimum absolute atomic E-state index is 0.423. The summed E-state index contributed by atoms with van der Waals surface area (Å²) in [6.07, 6.45) is 3.79. The smallest absolute Gasteiger partial charge is 0.109 e. The Hall–Kier alpha value is -0.830. The van der Waals surface area contributed by atoms with E-state index >= 15 is 0 Å². The summed E-state index contributed by atoms with van der Waals surface area (Å²) in [4.78, 5) is 4.30. The molecule has 1 aromatic heterocycles. The fourth-order valence-electron chi connectivity index (χ4n) is 1.48. The lowest BCUT2D eigenvalue weighted by atomic mass is 10.3. The van der Waals surface area contributed by atoms with Crippen LogP contribution in [0.25, 0.3) is 0 Å². The molecule has 11 heavy (non-hydrogen) atoms. The van der Waals surface area contributed by atoms with Gasteiger partial charge in [0.1, 0.15) is 5.82 Å². The van der Waals surface area contributed by atoms with Crippen molar-refractivity contribution < 1.29 is 5.11 Å². The molecule has 0 bridgehead atoms. The van der Waals surface area contributed by atoms with Crippen LogP contribution in [0, 0.1) is 0 Å². The molecule has 0 saturated heterocycles. The number of nitrogens with zero attached hydrogens (tertiary/aromatic N) is 2. The van der Waals surface area contributed by atoms with Crippen LogP contribution in [-0.4, -0.2) is 14.7 Å². The van der Waals surface area contributed by atoms with Gasteiger partial charge in [0, 0.05) is 19.2 Å². The van der Waals surface area contributed by atoms with Crippen molar-refractivity contribution in [2.75, 3.05) is 0 Å². The molecular formula is C8H12N2O. The summed E-state index contributed by atoms with van der Waals surface area (Å²) in [7, 11) is 0. The van der Waals surface area contributed by atoms with Gasteiger partial charge in [-0.15, -0.1) is 0 Å². The zero-order valence-electron chi connectivity index (χ0n) is 6.62. The second kappa shape index (κ2) is 2.34. The maximum absolute atomic E-state index is 9.21. The lowest BCUT2D eigenvalue weighted by Gasteiger charge is -1.96. The first-order valence-electron chi connectivity index (χ1n) is 4.01. The van der Waals surface area contributed by atoms with Crippen molar-refractivity contribution in [3.05, 3.63) is 17.7 Å². The molecule has 0 spiro atoms. The molecule has 0 amide bonds. The van der Waals surface area contributed by atoms with Gasteiger partial charge in [0.2, 0.25) is 0 Å². The summed E-state index contributed by atoms with van der Waals surface area (Å²) in [5.74, 6) is 1.13. The minimum atomic E-state index is -0.423. The van der Waals surface area contributed by atoms with E-state index in [0.717, 1.165) is 24.5 Å². The van der Waals surface area contributed by atoms with Crippen molar-refractivity contribution in [3.63, 3.8) is 0 Å². The first-order chi connectivity index (χ1) is 5.27. The van der Waals surface area contributed by atoms with Gasteiger partial charge in [0.25, 0.3) is 0 Å². The van der Waals surface area contributed by atoms with Crippen molar-refractivity contribution >= 4 is 0 Å². The summed E-state index contributed by atoms with van der Waals surface area (Å²) >= 11 is 0. The number of hydrogen-bond donors (Lipinski definition) is 1. The molecule has 1 atom stereocenters. The molecule has 1 N–H and O–H groups in total. The van der Waals surface area contributed by atoms with Gasteiger partial charge < -0.3 is 9.67 Å². The molecule has 0 fully saturated rings. The number of aliphatic hydroxyl groups is 1. The highest BCUT2D eigenvalue weighted by Gasteiger charge is 2.15.